The van der Waals surface area contributed by atoms with Gasteiger partial charge in [-0.05, 0) is 29.8 Å². The van der Waals surface area contributed by atoms with E-state index in [1.54, 1.807) is 24.5 Å². The van der Waals surface area contributed by atoms with Crippen LogP contribution in [0.1, 0.15) is 5.56 Å². The number of nitrogens with zero attached hydrogens (tertiary/aromatic N) is 1. The van der Waals surface area contributed by atoms with Gasteiger partial charge in [-0.1, -0.05) is 12.1 Å². The summed E-state index contributed by atoms with van der Waals surface area (Å²) in [5.41, 5.74) is 1.27. The minimum atomic E-state index is -3.53. The fraction of sp³-hybridized carbons (Fsp3) is 0.200. The van der Waals surface area contributed by atoms with E-state index < -0.39 is 25.6 Å². The molecule has 2 aromatic rings. The van der Waals surface area contributed by atoms with Crippen LogP contribution in [0.2, 0.25) is 0 Å². The van der Waals surface area contributed by atoms with E-state index >= 15 is 0 Å². The van der Waals surface area contributed by atoms with Crippen LogP contribution in [0.5, 0.6) is 0 Å². The summed E-state index contributed by atoms with van der Waals surface area (Å²) in [6, 6.07) is 10.7. The lowest BCUT2D eigenvalue weighted by Gasteiger charge is -2.09. The van der Waals surface area contributed by atoms with Crippen LogP contribution in [0.4, 0.5) is 17.1 Å². The number of nitrogens with one attached hydrogen (secondary N) is 1. The summed E-state index contributed by atoms with van der Waals surface area (Å²) in [4.78, 5) is 10.5. The van der Waals surface area contributed by atoms with Crippen molar-refractivity contribution < 1.29 is 17.6 Å². The van der Waals surface area contributed by atoms with Gasteiger partial charge in [0, 0.05) is 40.8 Å². The van der Waals surface area contributed by atoms with Crippen LogP contribution in [0.25, 0.3) is 0 Å². The van der Waals surface area contributed by atoms with Gasteiger partial charge >= 0.3 is 0 Å². The Kier molecular flexibility index (Phi) is 5.35. The SMILES string of the molecule is CS(=O)Cc1cccc(Nc2ccc(S(C)(=O)=O)cc2[N+](=O)[O-])c1. The van der Waals surface area contributed by atoms with Crippen LogP contribution >= 0.6 is 0 Å². The lowest BCUT2D eigenvalue weighted by Crippen LogP contribution is -2.02. The Morgan fingerprint density at radius 2 is 1.92 bits per heavy atom. The molecule has 128 valence electrons. The Morgan fingerprint density at radius 1 is 1.21 bits per heavy atom. The van der Waals surface area contributed by atoms with Crippen molar-refractivity contribution in [1.82, 2.24) is 0 Å². The molecule has 0 heterocycles. The first-order valence-corrected chi connectivity index (χ1v) is 10.4. The molecular formula is C15H16N2O5S2. The number of rotatable bonds is 6. The van der Waals surface area contributed by atoms with Gasteiger partial charge in [0.1, 0.15) is 5.69 Å². The Morgan fingerprint density at radius 3 is 2.50 bits per heavy atom. The molecule has 1 atom stereocenters. The van der Waals surface area contributed by atoms with Crippen molar-refractivity contribution in [3.05, 3.63) is 58.1 Å². The lowest BCUT2D eigenvalue weighted by molar-refractivity contribution is -0.384. The second-order valence-corrected chi connectivity index (χ2v) is 8.70. The molecule has 0 fully saturated rings. The maximum absolute atomic E-state index is 11.6. The summed E-state index contributed by atoms with van der Waals surface area (Å²) in [6.07, 6.45) is 2.59. The highest BCUT2D eigenvalue weighted by Crippen LogP contribution is 2.30. The number of hydrogen-bond donors (Lipinski definition) is 1. The molecule has 0 saturated carbocycles. The molecule has 1 N–H and O–H groups in total. The zero-order valence-corrected chi connectivity index (χ0v) is 14.7. The molecule has 0 bridgehead atoms. The Balaban J connectivity index is 2.39. The number of nitro benzene ring substituents is 1. The maximum atomic E-state index is 11.6. The van der Waals surface area contributed by atoms with Crippen LogP contribution in [0.15, 0.2) is 47.4 Å². The van der Waals surface area contributed by atoms with Crippen LogP contribution in [0, 0.1) is 10.1 Å². The predicted molar refractivity (Wildman–Crippen MR) is 93.7 cm³/mol. The summed E-state index contributed by atoms with van der Waals surface area (Å²) >= 11 is 0. The van der Waals surface area contributed by atoms with E-state index in [1.165, 1.54) is 12.1 Å². The van der Waals surface area contributed by atoms with Crippen molar-refractivity contribution in [3.8, 4) is 0 Å². The Bertz CT molecular complexity index is 910. The zero-order chi connectivity index (χ0) is 17.9. The Hall–Kier alpha value is -2.26. The normalized spacial score (nSPS) is 12.6. The molecule has 1 unspecified atom stereocenters. The molecule has 2 rings (SSSR count). The minimum Gasteiger partial charge on any atom is -0.350 e. The summed E-state index contributed by atoms with van der Waals surface area (Å²) < 4.78 is 34.4. The average molecular weight is 368 g/mol. The predicted octanol–water partition coefficient (Wildman–Crippen LogP) is 2.62. The molecule has 0 spiro atoms. The van der Waals surface area contributed by atoms with Gasteiger partial charge in [0.25, 0.3) is 5.69 Å². The quantitative estimate of drug-likeness (QED) is 0.620. The first-order valence-electron chi connectivity index (χ1n) is 6.81. The fourth-order valence-corrected chi connectivity index (χ4v) is 3.42. The van der Waals surface area contributed by atoms with Gasteiger partial charge in [0.05, 0.1) is 9.82 Å². The molecule has 0 amide bonds. The first-order chi connectivity index (χ1) is 11.2. The molecular weight excluding hydrogens is 352 g/mol. The highest BCUT2D eigenvalue weighted by molar-refractivity contribution is 7.90. The molecule has 0 aliphatic carbocycles. The van der Waals surface area contributed by atoms with Crippen molar-refractivity contribution in [3.63, 3.8) is 0 Å². The minimum absolute atomic E-state index is 0.116. The van der Waals surface area contributed by atoms with Gasteiger partial charge in [-0.25, -0.2) is 8.42 Å². The monoisotopic (exact) mass is 368 g/mol. The second kappa shape index (κ2) is 7.10. The van der Waals surface area contributed by atoms with Gasteiger partial charge in [-0.15, -0.1) is 0 Å². The summed E-state index contributed by atoms with van der Waals surface area (Å²) in [5.74, 6) is 0.380. The number of nitro groups is 1. The molecule has 9 heteroatoms. The third-order valence-corrected chi connectivity index (χ3v) is 5.02. The van der Waals surface area contributed by atoms with Gasteiger partial charge < -0.3 is 5.32 Å². The van der Waals surface area contributed by atoms with Gasteiger partial charge in [-0.3, -0.25) is 14.3 Å². The van der Waals surface area contributed by atoms with E-state index in [2.05, 4.69) is 5.32 Å². The van der Waals surface area contributed by atoms with E-state index in [4.69, 9.17) is 0 Å². The van der Waals surface area contributed by atoms with Crippen molar-refractivity contribution in [2.75, 3.05) is 17.8 Å². The molecule has 2 aromatic carbocycles. The molecule has 7 nitrogen and oxygen atoms in total. The third-order valence-electron chi connectivity index (χ3n) is 3.17. The van der Waals surface area contributed by atoms with Crippen LogP contribution in [-0.4, -0.2) is 30.1 Å². The number of sulfone groups is 1. The largest absolute Gasteiger partial charge is 0.350 e. The third kappa shape index (κ3) is 4.62. The highest BCUT2D eigenvalue weighted by atomic mass is 32.2. The highest BCUT2D eigenvalue weighted by Gasteiger charge is 2.18. The van der Waals surface area contributed by atoms with E-state index in [0.717, 1.165) is 17.9 Å². The van der Waals surface area contributed by atoms with E-state index in [0.29, 0.717) is 11.4 Å². The topological polar surface area (TPSA) is 106 Å². The fourth-order valence-electron chi connectivity index (χ4n) is 2.13. The van der Waals surface area contributed by atoms with Crippen LogP contribution in [-0.2, 0) is 26.4 Å². The van der Waals surface area contributed by atoms with Gasteiger partial charge in [0.2, 0.25) is 0 Å². The van der Waals surface area contributed by atoms with Gasteiger partial charge in [-0.2, -0.15) is 0 Å². The molecule has 0 aromatic heterocycles. The van der Waals surface area contributed by atoms with Crippen LogP contribution in [0.3, 0.4) is 0 Å². The van der Waals surface area contributed by atoms with E-state index in [9.17, 15) is 22.7 Å². The molecule has 0 aliphatic rings. The van der Waals surface area contributed by atoms with Crippen molar-refractivity contribution >= 4 is 37.7 Å². The summed E-state index contributed by atoms with van der Waals surface area (Å²) in [5, 5.41) is 14.1. The number of benzene rings is 2. The molecule has 0 aliphatic heterocycles. The number of hydrogen-bond acceptors (Lipinski definition) is 6. The molecule has 24 heavy (non-hydrogen) atoms. The molecule has 0 saturated heterocycles. The summed E-state index contributed by atoms with van der Waals surface area (Å²) in [7, 11) is -4.53. The smallest absolute Gasteiger partial charge is 0.293 e. The van der Waals surface area contributed by atoms with Crippen LogP contribution < -0.4 is 5.32 Å². The maximum Gasteiger partial charge on any atom is 0.293 e. The van der Waals surface area contributed by atoms with E-state index in [-0.39, 0.29) is 16.3 Å². The lowest BCUT2D eigenvalue weighted by atomic mass is 10.2. The standard InChI is InChI=1S/C15H16N2O5S2/c1-23(20)10-11-4-3-5-12(8-11)16-14-7-6-13(24(2,21)22)9-15(14)17(18)19/h3-9,16H,10H2,1-2H3. The van der Waals surface area contributed by atoms with Crippen molar-refractivity contribution in [2.24, 2.45) is 0 Å². The molecule has 0 radical (unpaired) electrons. The zero-order valence-electron chi connectivity index (χ0n) is 13.1. The first kappa shape index (κ1) is 18.1. The average Bonchev–Trinajstić information content (AvgIpc) is 2.45. The number of anilines is 2. The van der Waals surface area contributed by atoms with Crippen molar-refractivity contribution in [1.29, 1.82) is 0 Å². The van der Waals surface area contributed by atoms with E-state index in [1.807, 2.05) is 6.07 Å². The Labute approximate surface area is 142 Å². The van der Waals surface area contributed by atoms with Crippen molar-refractivity contribution in [2.45, 2.75) is 10.6 Å². The van der Waals surface area contributed by atoms with Gasteiger partial charge in [0.15, 0.2) is 9.84 Å². The second-order valence-electron chi connectivity index (χ2n) is 5.25. The summed E-state index contributed by atoms with van der Waals surface area (Å²) in [6.45, 7) is 0.